The summed E-state index contributed by atoms with van der Waals surface area (Å²) in [6.07, 6.45) is 1.57. The zero-order valence-electron chi connectivity index (χ0n) is 10.5. The molecule has 19 heavy (non-hydrogen) atoms. The number of nitrogen functional groups attached to an aromatic ring is 1. The van der Waals surface area contributed by atoms with Gasteiger partial charge < -0.3 is 10.6 Å². The van der Waals surface area contributed by atoms with Crippen LogP contribution in [-0.2, 0) is 0 Å². The first-order valence-electron chi connectivity index (χ1n) is 6.01. The first kappa shape index (κ1) is 12.1. The maximum atomic E-state index is 12.6. The Kier molecular flexibility index (Phi) is 2.94. The van der Waals surface area contributed by atoms with E-state index >= 15 is 0 Å². The van der Waals surface area contributed by atoms with Crippen LogP contribution in [0.2, 0.25) is 0 Å². The Balaban J connectivity index is 2.02. The summed E-state index contributed by atoms with van der Waals surface area (Å²) in [6, 6.07) is 5.69. The molecule has 3 N–H and O–H groups in total. The van der Waals surface area contributed by atoms with Crippen LogP contribution in [0.25, 0.3) is 0 Å². The summed E-state index contributed by atoms with van der Waals surface area (Å²) < 4.78 is 0. The van der Waals surface area contributed by atoms with Gasteiger partial charge in [0.05, 0.1) is 17.4 Å². The summed E-state index contributed by atoms with van der Waals surface area (Å²) >= 11 is 1.75. The Hall–Kier alpha value is -1.95. The van der Waals surface area contributed by atoms with Crippen LogP contribution in [0.15, 0.2) is 29.3 Å². The molecule has 0 atom stereocenters. The second-order valence-corrected chi connectivity index (χ2v) is 5.58. The number of carbonyl (C=O) groups is 1. The molecule has 2 heterocycles. The fourth-order valence-electron chi connectivity index (χ4n) is 2.16. The molecule has 98 valence electrons. The van der Waals surface area contributed by atoms with Crippen molar-refractivity contribution in [1.29, 1.82) is 0 Å². The van der Waals surface area contributed by atoms with Crippen LogP contribution in [0.1, 0.15) is 16.1 Å². The lowest BCUT2D eigenvalue weighted by molar-refractivity contribution is 0.0987. The molecule has 0 aliphatic carbocycles. The zero-order valence-corrected chi connectivity index (χ0v) is 11.3. The monoisotopic (exact) mass is 274 g/mol. The number of hydrogen-bond donors (Lipinski definition) is 2. The number of H-pyrrole nitrogens is 1. The number of fused-ring (bicyclic) bond motifs is 1. The number of carbonyl (C=O) groups excluding carboxylic acids is 1. The maximum Gasteiger partial charge on any atom is 0.261 e. The predicted molar refractivity (Wildman–Crippen MR) is 76.6 cm³/mol. The zero-order chi connectivity index (χ0) is 13.4. The van der Waals surface area contributed by atoms with Crippen molar-refractivity contribution >= 4 is 29.0 Å². The van der Waals surface area contributed by atoms with Crippen LogP contribution in [0.5, 0.6) is 0 Å². The van der Waals surface area contributed by atoms with Crippen LogP contribution in [0, 0.1) is 6.92 Å². The van der Waals surface area contributed by atoms with Gasteiger partial charge in [0.1, 0.15) is 0 Å². The van der Waals surface area contributed by atoms with E-state index in [0.717, 1.165) is 22.0 Å². The normalized spacial score (nSPS) is 14.3. The third-order valence-electron chi connectivity index (χ3n) is 3.15. The summed E-state index contributed by atoms with van der Waals surface area (Å²) in [5.74, 6) is 0.859. The van der Waals surface area contributed by atoms with Gasteiger partial charge >= 0.3 is 0 Å². The first-order chi connectivity index (χ1) is 9.16. The van der Waals surface area contributed by atoms with E-state index in [1.54, 1.807) is 22.9 Å². The molecule has 1 aromatic heterocycles. The number of aromatic amines is 1. The average Bonchev–Trinajstić information content (AvgIpc) is 2.83. The van der Waals surface area contributed by atoms with Crippen molar-refractivity contribution in [1.82, 2.24) is 10.2 Å². The number of aryl methyl sites for hydroxylation is 1. The van der Waals surface area contributed by atoms with E-state index in [1.807, 2.05) is 25.1 Å². The highest BCUT2D eigenvalue weighted by Crippen LogP contribution is 2.36. The fraction of sp³-hybridized carbons (Fsp3) is 0.231. The largest absolute Gasteiger partial charge is 0.399 e. The molecule has 0 bridgehead atoms. The topological polar surface area (TPSA) is 75.0 Å². The molecule has 1 aliphatic heterocycles. The minimum atomic E-state index is -0.0293. The lowest BCUT2D eigenvalue weighted by Gasteiger charge is -2.29. The van der Waals surface area contributed by atoms with Crippen LogP contribution < -0.4 is 10.6 Å². The van der Waals surface area contributed by atoms with E-state index in [1.165, 1.54) is 0 Å². The highest BCUT2D eigenvalue weighted by atomic mass is 32.2. The van der Waals surface area contributed by atoms with Crippen LogP contribution in [0.4, 0.5) is 11.4 Å². The molecule has 2 aromatic rings. The van der Waals surface area contributed by atoms with Crippen molar-refractivity contribution < 1.29 is 4.79 Å². The molecule has 0 saturated carbocycles. The Bertz CT molecular complexity index is 637. The summed E-state index contributed by atoms with van der Waals surface area (Å²) in [6.45, 7) is 2.53. The Morgan fingerprint density at radius 2 is 2.37 bits per heavy atom. The molecule has 1 aliphatic rings. The number of aromatic nitrogens is 2. The number of amides is 1. The van der Waals surface area contributed by atoms with Crippen molar-refractivity contribution in [3.8, 4) is 0 Å². The predicted octanol–water partition coefficient (Wildman–Crippen LogP) is 2.05. The van der Waals surface area contributed by atoms with Crippen molar-refractivity contribution in [2.75, 3.05) is 22.9 Å². The van der Waals surface area contributed by atoms with Gasteiger partial charge in [-0.25, -0.2) is 0 Å². The molecular formula is C13H14N4OS. The Morgan fingerprint density at radius 1 is 1.53 bits per heavy atom. The van der Waals surface area contributed by atoms with Crippen LogP contribution >= 0.6 is 11.8 Å². The van der Waals surface area contributed by atoms with Gasteiger partial charge in [-0.2, -0.15) is 5.10 Å². The number of hydrogen-bond acceptors (Lipinski definition) is 4. The lowest BCUT2D eigenvalue weighted by Crippen LogP contribution is -2.35. The van der Waals surface area contributed by atoms with Crippen molar-refractivity contribution in [2.24, 2.45) is 0 Å². The van der Waals surface area contributed by atoms with E-state index in [0.29, 0.717) is 17.8 Å². The standard InChI is InChI=1S/C13H14N4OS/c1-8-10(7-15-16-8)13(18)17-4-5-19-12-3-2-9(14)6-11(12)17/h2-3,6-7H,4-5,14H2,1H3,(H,15,16). The quantitative estimate of drug-likeness (QED) is 0.780. The SMILES string of the molecule is Cc1[nH]ncc1C(=O)N1CCSc2ccc(N)cc21. The van der Waals surface area contributed by atoms with Crippen molar-refractivity contribution in [3.63, 3.8) is 0 Å². The van der Waals surface area contributed by atoms with Crippen molar-refractivity contribution in [2.45, 2.75) is 11.8 Å². The third kappa shape index (κ3) is 2.08. The van der Waals surface area contributed by atoms with Gasteiger partial charge in [-0.3, -0.25) is 9.89 Å². The van der Waals surface area contributed by atoms with Gasteiger partial charge in [-0.05, 0) is 25.1 Å². The van der Waals surface area contributed by atoms with Crippen LogP contribution in [0.3, 0.4) is 0 Å². The second kappa shape index (κ2) is 4.62. The van der Waals surface area contributed by atoms with Gasteiger partial charge in [0.2, 0.25) is 0 Å². The van der Waals surface area contributed by atoms with Gasteiger partial charge in [0.15, 0.2) is 0 Å². The van der Waals surface area contributed by atoms with E-state index < -0.39 is 0 Å². The lowest BCUT2D eigenvalue weighted by atomic mass is 10.2. The van der Waals surface area contributed by atoms with Gasteiger partial charge in [0, 0.05) is 28.6 Å². The molecule has 5 nitrogen and oxygen atoms in total. The van der Waals surface area contributed by atoms with Crippen molar-refractivity contribution in [3.05, 3.63) is 35.7 Å². The molecular weight excluding hydrogens is 260 g/mol. The number of nitrogens with zero attached hydrogens (tertiary/aromatic N) is 2. The smallest absolute Gasteiger partial charge is 0.261 e. The molecule has 0 spiro atoms. The number of thioether (sulfide) groups is 1. The number of nitrogens with one attached hydrogen (secondary N) is 1. The molecule has 0 radical (unpaired) electrons. The molecule has 1 amide bonds. The minimum absolute atomic E-state index is 0.0293. The fourth-order valence-corrected chi connectivity index (χ4v) is 3.13. The highest BCUT2D eigenvalue weighted by Gasteiger charge is 2.25. The molecule has 0 unspecified atom stereocenters. The highest BCUT2D eigenvalue weighted by molar-refractivity contribution is 7.99. The summed E-state index contributed by atoms with van der Waals surface area (Å²) in [5, 5.41) is 6.71. The first-order valence-corrected chi connectivity index (χ1v) is 6.99. The summed E-state index contributed by atoms with van der Waals surface area (Å²) in [5.41, 5.74) is 8.78. The van der Waals surface area contributed by atoms with E-state index in [4.69, 9.17) is 5.73 Å². The number of benzene rings is 1. The number of nitrogens with two attached hydrogens (primary N) is 1. The van der Waals surface area contributed by atoms with E-state index in [-0.39, 0.29) is 5.91 Å². The Morgan fingerprint density at radius 3 is 3.11 bits per heavy atom. The summed E-state index contributed by atoms with van der Waals surface area (Å²) in [7, 11) is 0. The number of anilines is 2. The second-order valence-electron chi connectivity index (χ2n) is 4.44. The molecule has 0 fully saturated rings. The van der Waals surface area contributed by atoms with E-state index in [2.05, 4.69) is 10.2 Å². The van der Waals surface area contributed by atoms with E-state index in [9.17, 15) is 4.79 Å². The molecule has 3 rings (SSSR count). The van der Waals surface area contributed by atoms with Gasteiger partial charge in [0.25, 0.3) is 5.91 Å². The molecule has 1 aromatic carbocycles. The van der Waals surface area contributed by atoms with Gasteiger partial charge in [-0.15, -0.1) is 11.8 Å². The van der Waals surface area contributed by atoms with Gasteiger partial charge in [-0.1, -0.05) is 0 Å². The summed E-state index contributed by atoms with van der Waals surface area (Å²) in [4.78, 5) is 15.4. The third-order valence-corrected chi connectivity index (χ3v) is 4.19. The molecule has 6 heteroatoms. The average molecular weight is 274 g/mol. The maximum absolute atomic E-state index is 12.6. The Labute approximate surface area is 115 Å². The minimum Gasteiger partial charge on any atom is -0.399 e. The number of rotatable bonds is 1. The van der Waals surface area contributed by atoms with Crippen LogP contribution in [-0.4, -0.2) is 28.4 Å². The molecule has 0 saturated heterocycles.